The summed E-state index contributed by atoms with van der Waals surface area (Å²) in [5.74, 6) is 3.43. The number of hydrogen-bond donors (Lipinski definition) is 0. The van der Waals surface area contributed by atoms with Gasteiger partial charge in [0.25, 0.3) is 0 Å². The van der Waals surface area contributed by atoms with Gasteiger partial charge >= 0.3 is 11.9 Å². The molecule has 0 amide bonds. The molecule has 10 rings (SSSR count). The van der Waals surface area contributed by atoms with E-state index in [2.05, 4.69) is 72.8 Å². The van der Waals surface area contributed by atoms with Gasteiger partial charge in [0.1, 0.15) is 11.5 Å². The molecule has 0 aromatic heterocycles. The van der Waals surface area contributed by atoms with Crippen LogP contribution in [0.5, 0.6) is 11.5 Å². The maximum Gasteiger partial charge on any atom is 0.337 e. The Hall–Kier alpha value is -5.62. The second-order valence-corrected chi connectivity index (χ2v) is 15.6. The smallest absolute Gasteiger partial charge is 0.337 e. The maximum atomic E-state index is 12.2. The van der Waals surface area contributed by atoms with Gasteiger partial charge < -0.3 is 18.9 Å². The average Bonchev–Trinajstić information content (AvgIpc) is 3.21. The quantitative estimate of drug-likeness (QED) is 0.146. The Balaban J connectivity index is 1.15. The number of methoxy groups -OCH3 is 4. The summed E-state index contributed by atoms with van der Waals surface area (Å²) in [5, 5.41) is 4.15. The van der Waals surface area contributed by atoms with Crippen molar-refractivity contribution in [1.82, 2.24) is 0 Å². The Kier molecular flexibility index (Phi) is 8.45. The van der Waals surface area contributed by atoms with E-state index in [1.807, 2.05) is 36.4 Å². The SMILES string of the molecule is COC(=O)c1ccc2cc(-c3ccc(OC)c(C4C5CC6CC(C5)CC4(c4cc(-c5ccc7cc(C(=O)OC)ccc7c5)ccc4OC)C6)c3)ccc2c1. The predicted molar refractivity (Wildman–Crippen MR) is 213 cm³/mol. The number of carbonyl (C=O) groups excluding carboxylic acids is 2. The first-order chi connectivity index (χ1) is 26.3. The van der Waals surface area contributed by atoms with Crippen LogP contribution in [0.1, 0.15) is 69.9 Å². The average molecular weight is 717 g/mol. The third kappa shape index (κ3) is 5.62. The van der Waals surface area contributed by atoms with Crippen molar-refractivity contribution >= 4 is 33.5 Å². The Morgan fingerprint density at radius 3 is 1.52 bits per heavy atom. The molecule has 0 aliphatic heterocycles. The maximum absolute atomic E-state index is 12.2. The zero-order chi connectivity index (χ0) is 37.1. The highest BCUT2D eigenvalue weighted by atomic mass is 16.5. The summed E-state index contributed by atoms with van der Waals surface area (Å²) in [6.45, 7) is 0. The lowest BCUT2D eigenvalue weighted by molar-refractivity contribution is -0.0295. The fourth-order valence-corrected chi connectivity index (χ4v) is 10.8. The first-order valence-electron chi connectivity index (χ1n) is 18.9. The third-order valence-corrected chi connectivity index (χ3v) is 12.8. The lowest BCUT2D eigenvalue weighted by atomic mass is 9.42. The first kappa shape index (κ1) is 34.2. The summed E-state index contributed by atoms with van der Waals surface area (Å²) < 4.78 is 22.4. The van der Waals surface area contributed by atoms with Crippen molar-refractivity contribution in [2.75, 3.05) is 28.4 Å². The predicted octanol–water partition coefficient (Wildman–Crippen LogP) is 10.8. The zero-order valence-corrected chi connectivity index (χ0v) is 31.2. The number of hydrogen-bond acceptors (Lipinski definition) is 6. The van der Waals surface area contributed by atoms with Crippen molar-refractivity contribution in [3.05, 3.63) is 131 Å². The summed E-state index contributed by atoms with van der Waals surface area (Å²) in [6, 6.07) is 37.8. The van der Waals surface area contributed by atoms with Gasteiger partial charge in [-0.25, -0.2) is 9.59 Å². The van der Waals surface area contributed by atoms with Gasteiger partial charge in [-0.15, -0.1) is 0 Å². The summed E-state index contributed by atoms with van der Waals surface area (Å²) in [5.41, 5.74) is 8.14. The van der Waals surface area contributed by atoms with Crippen LogP contribution in [-0.4, -0.2) is 40.4 Å². The molecule has 4 aliphatic carbocycles. The van der Waals surface area contributed by atoms with Gasteiger partial charge in [0, 0.05) is 16.9 Å². The normalized spacial score (nSPS) is 22.7. The van der Waals surface area contributed by atoms with Crippen molar-refractivity contribution in [2.24, 2.45) is 17.8 Å². The van der Waals surface area contributed by atoms with Gasteiger partial charge in [-0.3, -0.25) is 0 Å². The molecule has 3 unspecified atom stereocenters. The highest BCUT2D eigenvalue weighted by Gasteiger charge is 2.59. The Labute approximate surface area is 316 Å². The molecule has 0 saturated heterocycles. The van der Waals surface area contributed by atoms with Crippen molar-refractivity contribution in [1.29, 1.82) is 0 Å². The highest BCUT2D eigenvalue weighted by Crippen LogP contribution is 2.68. The summed E-state index contributed by atoms with van der Waals surface area (Å²) in [7, 11) is 6.42. The standard InChI is InChI=1S/C48H44O6/c1-51-43-15-13-36(32-5-7-34-22-38(46(49)53-3)11-9-30(34)20-32)24-41(43)45-40-18-28-17-29(19-40)27-48(45,26-28)42-25-37(14-16-44(42)52-2)33-6-8-35-23-39(47(50)54-4)12-10-31(35)21-33/h5-16,20-25,28-29,40,45H,17-19,26-27H2,1-4H3. The van der Waals surface area contributed by atoms with E-state index in [-0.39, 0.29) is 23.3 Å². The van der Waals surface area contributed by atoms with E-state index < -0.39 is 0 Å². The van der Waals surface area contributed by atoms with E-state index in [0.717, 1.165) is 68.1 Å². The third-order valence-electron chi connectivity index (χ3n) is 12.8. The second kappa shape index (κ2) is 13.3. The molecule has 6 aromatic carbocycles. The van der Waals surface area contributed by atoms with Crippen LogP contribution in [0, 0.1) is 17.8 Å². The summed E-state index contributed by atoms with van der Waals surface area (Å²) in [4.78, 5) is 24.4. The molecule has 4 bridgehead atoms. The molecule has 6 heteroatoms. The zero-order valence-electron chi connectivity index (χ0n) is 31.2. The van der Waals surface area contributed by atoms with Gasteiger partial charge in [0.05, 0.1) is 39.6 Å². The van der Waals surface area contributed by atoms with Crippen LogP contribution < -0.4 is 9.47 Å². The molecule has 0 spiro atoms. The molecular formula is C48H44O6. The van der Waals surface area contributed by atoms with Gasteiger partial charge in [-0.05, 0) is 160 Å². The van der Waals surface area contributed by atoms with E-state index in [9.17, 15) is 9.59 Å². The minimum absolute atomic E-state index is 0.109. The van der Waals surface area contributed by atoms with Crippen molar-refractivity contribution in [3.63, 3.8) is 0 Å². The fourth-order valence-electron chi connectivity index (χ4n) is 10.8. The first-order valence-corrected chi connectivity index (χ1v) is 18.9. The van der Waals surface area contributed by atoms with E-state index in [1.165, 1.54) is 44.6 Å². The molecule has 6 aromatic rings. The lowest BCUT2D eigenvalue weighted by Crippen LogP contribution is -2.54. The molecular weight excluding hydrogens is 673 g/mol. The minimum Gasteiger partial charge on any atom is -0.496 e. The molecule has 272 valence electrons. The highest BCUT2D eigenvalue weighted by molar-refractivity contribution is 5.97. The minimum atomic E-state index is -0.333. The molecule has 0 N–H and O–H groups in total. The summed E-state index contributed by atoms with van der Waals surface area (Å²) >= 11 is 0. The molecule has 3 atom stereocenters. The van der Waals surface area contributed by atoms with E-state index in [0.29, 0.717) is 28.9 Å². The molecule has 4 saturated carbocycles. The topological polar surface area (TPSA) is 71.1 Å². The Bertz CT molecular complexity index is 2450. The lowest BCUT2D eigenvalue weighted by Gasteiger charge is -2.62. The molecule has 54 heavy (non-hydrogen) atoms. The van der Waals surface area contributed by atoms with Crippen LogP contribution in [0.15, 0.2) is 109 Å². The Morgan fingerprint density at radius 1 is 0.519 bits per heavy atom. The van der Waals surface area contributed by atoms with E-state index in [1.54, 1.807) is 14.2 Å². The van der Waals surface area contributed by atoms with Gasteiger partial charge in [0.15, 0.2) is 0 Å². The van der Waals surface area contributed by atoms with Gasteiger partial charge in [0.2, 0.25) is 0 Å². The molecule has 0 radical (unpaired) electrons. The van der Waals surface area contributed by atoms with Crippen LogP contribution >= 0.6 is 0 Å². The fraction of sp³-hybridized carbons (Fsp3) is 0.292. The number of carbonyl (C=O) groups is 2. The molecule has 4 fully saturated rings. The van der Waals surface area contributed by atoms with Crippen molar-refractivity contribution < 1.29 is 28.5 Å². The van der Waals surface area contributed by atoms with E-state index >= 15 is 0 Å². The van der Waals surface area contributed by atoms with Gasteiger partial charge in [-0.2, -0.15) is 0 Å². The van der Waals surface area contributed by atoms with Crippen molar-refractivity contribution in [2.45, 2.75) is 43.4 Å². The van der Waals surface area contributed by atoms with Crippen LogP contribution in [0.2, 0.25) is 0 Å². The van der Waals surface area contributed by atoms with Gasteiger partial charge in [-0.1, -0.05) is 48.5 Å². The van der Waals surface area contributed by atoms with Crippen molar-refractivity contribution in [3.8, 4) is 33.8 Å². The monoisotopic (exact) mass is 716 g/mol. The molecule has 4 aliphatic rings. The summed E-state index contributed by atoms with van der Waals surface area (Å²) in [6.07, 6.45) is 6.07. The Morgan fingerprint density at radius 2 is 0.981 bits per heavy atom. The molecule has 6 nitrogen and oxygen atoms in total. The second-order valence-electron chi connectivity index (χ2n) is 15.6. The number of esters is 2. The number of rotatable bonds is 8. The van der Waals surface area contributed by atoms with Crippen LogP contribution in [0.25, 0.3) is 43.8 Å². The van der Waals surface area contributed by atoms with Crippen LogP contribution in [0.4, 0.5) is 0 Å². The van der Waals surface area contributed by atoms with E-state index in [4.69, 9.17) is 18.9 Å². The van der Waals surface area contributed by atoms with Crippen LogP contribution in [-0.2, 0) is 14.9 Å². The number of benzene rings is 6. The number of fused-ring (bicyclic) bond motifs is 2. The molecule has 0 heterocycles. The largest absolute Gasteiger partial charge is 0.496 e. The number of ether oxygens (including phenoxy) is 4. The van der Waals surface area contributed by atoms with Crippen LogP contribution in [0.3, 0.4) is 0 Å².